The van der Waals surface area contributed by atoms with Crippen LogP contribution < -0.4 is 17.0 Å². The van der Waals surface area contributed by atoms with Crippen molar-refractivity contribution in [2.24, 2.45) is 12.5 Å². The molecule has 2 N–H and O–H groups in total. The van der Waals surface area contributed by atoms with Gasteiger partial charge in [-0.25, -0.2) is 18.9 Å². The number of fused-ring (bicyclic) bond motifs is 2. The topological polar surface area (TPSA) is 109 Å². The quantitative estimate of drug-likeness (QED) is 0.528. The second-order valence-corrected chi connectivity index (χ2v) is 8.87. The Hall–Kier alpha value is -3.72. The minimum absolute atomic E-state index is 0.0340. The van der Waals surface area contributed by atoms with Crippen molar-refractivity contribution in [3.63, 3.8) is 0 Å². The summed E-state index contributed by atoms with van der Waals surface area (Å²) in [7, 11) is 1.69. The van der Waals surface area contributed by atoms with Gasteiger partial charge in [0, 0.05) is 35.9 Å². The fourth-order valence-corrected chi connectivity index (χ4v) is 4.95. The average Bonchev–Trinajstić information content (AvgIpc) is 3.45. The van der Waals surface area contributed by atoms with Crippen LogP contribution in [0.2, 0.25) is 0 Å². The Balaban J connectivity index is 1.63. The first-order chi connectivity index (χ1) is 15.4. The Morgan fingerprint density at radius 1 is 1.12 bits per heavy atom. The summed E-state index contributed by atoms with van der Waals surface area (Å²) in [6, 6.07) is 12.8. The highest BCUT2D eigenvalue weighted by Crippen LogP contribution is 2.50. The predicted molar refractivity (Wildman–Crippen MR) is 119 cm³/mol. The van der Waals surface area contributed by atoms with Crippen molar-refractivity contribution in [3.05, 3.63) is 69.5 Å². The number of nitrogens with zero attached hydrogens (tertiary/aromatic N) is 5. The zero-order chi connectivity index (χ0) is 22.0. The molecule has 0 radical (unpaired) electrons. The van der Waals surface area contributed by atoms with Crippen molar-refractivity contribution in [1.82, 2.24) is 23.7 Å². The van der Waals surface area contributed by atoms with Crippen LogP contribution in [-0.2, 0) is 18.3 Å². The van der Waals surface area contributed by atoms with Gasteiger partial charge in [0.25, 0.3) is 0 Å². The lowest BCUT2D eigenvalue weighted by Crippen LogP contribution is -2.40. The van der Waals surface area contributed by atoms with E-state index in [9.17, 15) is 9.59 Å². The Kier molecular flexibility index (Phi) is 3.94. The molecule has 9 heteroatoms. The van der Waals surface area contributed by atoms with Crippen LogP contribution in [0.4, 0.5) is 5.95 Å². The summed E-state index contributed by atoms with van der Waals surface area (Å²) in [5.74, 6) is 0.0790. The Labute approximate surface area is 182 Å². The predicted octanol–water partition coefficient (Wildman–Crippen LogP) is 1.68. The summed E-state index contributed by atoms with van der Waals surface area (Å²) in [5.41, 5.74) is 9.06. The van der Waals surface area contributed by atoms with E-state index in [1.165, 1.54) is 19.7 Å². The van der Waals surface area contributed by atoms with Gasteiger partial charge in [-0.15, -0.1) is 5.10 Å². The lowest BCUT2D eigenvalue weighted by molar-refractivity contribution is 0.103. The molecule has 2 saturated heterocycles. The number of ether oxygens (including phenoxy) is 1. The lowest BCUT2D eigenvalue weighted by atomic mass is 9.70. The van der Waals surface area contributed by atoms with Gasteiger partial charge >= 0.3 is 5.69 Å². The molecular weight excluding hydrogens is 408 g/mol. The summed E-state index contributed by atoms with van der Waals surface area (Å²) >= 11 is 0. The van der Waals surface area contributed by atoms with E-state index in [1.54, 1.807) is 19.3 Å². The maximum absolute atomic E-state index is 13.3. The lowest BCUT2D eigenvalue weighted by Gasteiger charge is -2.34. The Bertz CT molecular complexity index is 1470. The van der Waals surface area contributed by atoms with Gasteiger partial charge in [0.2, 0.25) is 11.5 Å². The van der Waals surface area contributed by atoms with Crippen LogP contribution in [0.1, 0.15) is 12.8 Å². The SMILES string of the molecule is Cn1cc(-c2c(-c3ccccc3)nc(N)n3c(=O)n(CC45COC(C4)C5)nc23)ccc1=O. The molecular formula is C23H22N6O3. The standard InChI is InChI=1S/C23H22N6O3/c1-27-11-15(7-8-17(27)30)18-19(14-5-3-2-4-6-14)25-21(24)29-20(18)26-28(22(29)31)12-23-9-16(10-23)32-13-23/h2-8,11,16H,9-10,12-13H2,1H3,(H2,24,25). The maximum atomic E-state index is 13.3. The fraction of sp³-hybridized carbons (Fsp3) is 0.304. The van der Waals surface area contributed by atoms with Crippen molar-refractivity contribution in [3.8, 4) is 22.4 Å². The van der Waals surface area contributed by atoms with E-state index in [4.69, 9.17) is 15.6 Å². The summed E-state index contributed by atoms with van der Waals surface area (Å²) < 4.78 is 10.1. The number of aryl methyl sites for hydroxylation is 1. The molecule has 162 valence electrons. The molecule has 3 fully saturated rings. The molecule has 32 heavy (non-hydrogen) atoms. The van der Waals surface area contributed by atoms with Crippen molar-refractivity contribution in [2.75, 3.05) is 12.3 Å². The minimum atomic E-state index is -0.319. The molecule has 2 aliphatic heterocycles. The molecule has 1 saturated carbocycles. The second-order valence-electron chi connectivity index (χ2n) is 8.87. The third kappa shape index (κ3) is 2.74. The molecule has 1 aromatic carbocycles. The molecule has 5 heterocycles. The van der Waals surface area contributed by atoms with E-state index in [0.29, 0.717) is 36.2 Å². The first kappa shape index (κ1) is 19.0. The molecule has 1 aliphatic carbocycles. The molecule has 4 aromatic rings. The van der Waals surface area contributed by atoms with Crippen molar-refractivity contribution in [2.45, 2.75) is 25.5 Å². The van der Waals surface area contributed by atoms with Crippen LogP contribution >= 0.6 is 0 Å². The van der Waals surface area contributed by atoms with Crippen molar-refractivity contribution >= 4 is 11.6 Å². The van der Waals surface area contributed by atoms with Gasteiger partial charge in [0.1, 0.15) is 0 Å². The first-order valence-corrected chi connectivity index (χ1v) is 10.6. The first-order valence-electron chi connectivity index (χ1n) is 10.6. The molecule has 9 nitrogen and oxygen atoms in total. The highest BCUT2D eigenvalue weighted by molar-refractivity contribution is 5.90. The van der Waals surface area contributed by atoms with E-state index in [-0.39, 0.29) is 22.6 Å². The van der Waals surface area contributed by atoms with Crippen LogP contribution in [0.15, 0.2) is 58.3 Å². The zero-order valence-electron chi connectivity index (χ0n) is 17.6. The summed E-state index contributed by atoms with van der Waals surface area (Å²) in [6.45, 7) is 1.13. The highest BCUT2D eigenvalue weighted by Gasteiger charge is 2.52. The number of hydrogen-bond acceptors (Lipinski definition) is 6. The molecule has 3 aliphatic rings. The molecule has 7 rings (SSSR count). The monoisotopic (exact) mass is 430 g/mol. The van der Waals surface area contributed by atoms with E-state index in [1.807, 2.05) is 30.3 Å². The fourth-order valence-electron chi connectivity index (χ4n) is 4.95. The van der Waals surface area contributed by atoms with Gasteiger partial charge in [-0.1, -0.05) is 30.3 Å². The van der Waals surface area contributed by atoms with Gasteiger partial charge in [0.05, 0.1) is 30.5 Å². The van der Waals surface area contributed by atoms with Crippen LogP contribution in [0.3, 0.4) is 0 Å². The van der Waals surface area contributed by atoms with E-state index < -0.39 is 0 Å². The van der Waals surface area contributed by atoms with Crippen LogP contribution in [0.5, 0.6) is 0 Å². The molecule has 0 spiro atoms. The number of hydrogen-bond donors (Lipinski definition) is 1. The van der Waals surface area contributed by atoms with Gasteiger partial charge in [-0.2, -0.15) is 0 Å². The number of nitrogens with two attached hydrogens (primary N) is 1. The van der Waals surface area contributed by atoms with Crippen molar-refractivity contribution < 1.29 is 4.74 Å². The molecule has 0 atom stereocenters. The number of rotatable bonds is 4. The molecule has 0 amide bonds. The smallest absolute Gasteiger partial charge is 0.353 e. The third-order valence-corrected chi connectivity index (χ3v) is 6.61. The van der Waals surface area contributed by atoms with E-state index in [2.05, 4.69) is 4.98 Å². The number of benzene rings is 1. The normalized spacial score (nSPS) is 21.7. The van der Waals surface area contributed by atoms with Crippen LogP contribution in [-0.4, -0.2) is 36.4 Å². The Morgan fingerprint density at radius 3 is 2.59 bits per heavy atom. The van der Waals surface area contributed by atoms with Crippen LogP contribution in [0.25, 0.3) is 28.0 Å². The van der Waals surface area contributed by atoms with E-state index >= 15 is 0 Å². The summed E-state index contributed by atoms with van der Waals surface area (Å²) in [4.78, 5) is 29.9. The summed E-state index contributed by atoms with van der Waals surface area (Å²) in [5, 5.41) is 4.73. The third-order valence-electron chi connectivity index (χ3n) is 6.61. The van der Waals surface area contributed by atoms with Gasteiger partial charge < -0.3 is 15.0 Å². The van der Waals surface area contributed by atoms with E-state index in [0.717, 1.165) is 24.0 Å². The van der Waals surface area contributed by atoms with Crippen LogP contribution in [0, 0.1) is 5.41 Å². The van der Waals surface area contributed by atoms with Gasteiger partial charge in [0.15, 0.2) is 5.65 Å². The largest absolute Gasteiger partial charge is 0.378 e. The van der Waals surface area contributed by atoms with Gasteiger partial charge in [-0.3, -0.25) is 4.79 Å². The van der Waals surface area contributed by atoms with Crippen molar-refractivity contribution in [1.29, 1.82) is 0 Å². The number of aromatic nitrogens is 5. The molecule has 3 aromatic heterocycles. The molecule has 2 bridgehead atoms. The highest BCUT2D eigenvalue weighted by atomic mass is 16.5. The Morgan fingerprint density at radius 2 is 1.91 bits per heavy atom. The molecule has 0 unspecified atom stereocenters. The van der Waals surface area contributed by atoms with Gasteiger partial charge in [-0.05, 0) is 18.9 Å². The number of anilines is 1. The number of pyridine rings is 1. The number of nitrogen functional groups attached to an aromatic ring is 1. The summed E-state index contributed by atoms with van der Waals surface area (Å²) in [6.07, 6.45) is 3.93. The second kappa shape index (κ2) is 6.64. The minimum Gasteiger partial charge on any atom is -0.378 e. The maximum Gasteiger partial charge on any atom is 0.353 e. The average molecular weight is 430 g/mol. The zero-order valence-corrected chi connectivity index (χ0v) is 17.6.